The number of hydrogen-bond donors (Lipinski definition) is 0. The third-order valence-corrected chi connectivity index (χ3v) is 3.42. The van der Waals surface area contributed by atoms with Gasteiger partial charge in [-0.1, -0.05) is 11.6 Å². The highest BCUT2D eigenvalue weighted by molar-refractivity contribution is 6.30. The van der Waals surface area contributed by atoms with E-state index in [-0.39, 0.29) is 6.42 Å². The van der Waals surface area contributed by atoms with E-state index >= 15 is 0 Å². The highest BCUT2D eigenvalue weighted by atomic mass is 35.5. The van der Waals surface area contributed by atoms with Gasteiger partial charge in [-0.25, -0.2) is 18.7 Å². The summed E-state index contributed by atoms with van der Waals surface area (Å²) < 4.78 is 31.6. The van der Waals surface area contributed by atoms with Crippen molar-refractivity contribution in [2.75, 3.05) is 6.61 Å². The fraction of sp³-hybridized carbons (Fsp3) is 0.286. The molecule has 0 atom stereocenters. The summed E-state index contributed by atoms with van der Waals surface area (Å²) in [6.45, 7) is 0.997. The normalized spacial score (nSPS) is 14.2. The maximum Gasteiger partial charge on any atom is 0.138 e. The first-order chi connectivity index (χ1) is 9.61. The molecule has 1 aromatic heterocycles. The molecule has 104 valence electrons. The summed E-state index contributed by atoms with van der Waals surface area (Å²) in [7, 11) is 0. The molecule has 3 rings (SSSR count). The second-order valence-electron chi connectivity index (χ2n) is 4.61. The summed E-state index contributed by atoms with van der Waals surface area (Å²) in [5.74, 6) is -0.768. The van der Waals surface area contributed by atoms with Crippen LogP contribution in [0.1, 0.15) is 22.6 Å². The Bertz CT molecular complexity index is 644. The van der Waals surface area contributed by atoms with Gasteiger partial charge in [-0.2, -0.15) is 0 Å². The van der Waals surface area contributed by atoms with Crippen molar-refractivity contribution in [1.82, 2.24) is 9.97 Å². The number of aromatic nitrogens is 2. The molecular formula is C14H11ClF2N2O. The second-order valence-corrected chi connectivity index (χ2v) is 4.97. The lowest BCUT2D eigenvalue weighted by Crippen LogP contribution is -2.15. The number of hydrogen-bond acceptors (Lipinski definition) is 3. The first-order valence-corrected chi connectivity index (χ1v) is 6.56. The summed E-state index contributed by atoms with van der Waals surface area (Å²) in [6.07, 6.45) is 0.907. The Morgan fingerprint density at radius 3 is 2.65 bits per heavy atom. The number of halogens is 3. The van der Waals surface area contributed by atoms with Crippen LogP contribution in [0, 0.1) is 11.6 Å². The molecule has 0 saturated carbocycles. The predicted octanol–water partition coefficient (Wildman–Crippen LogP) is 3.07. The Morgan fingerprint density at radius 1 is 1.15 bits per heavy atom. The van der Waals surface area contributed by atoms with Gasteiger partial charge in [0.05, 0.1) is 18.9 Å². The first kappa shape index (κ1) is 13.4. The summed E-state index contributed by atoms with van der Waals surface area (Å²) >= 11 is 6.10. The van der Waals surface area contributed by atoms with Crippen LogP contribution in [0.5, 0.6) is 0 Å². The molecule has 0 unspecified atom stereocenters. The molecule has 6 heteroatoms. The van der Waals surface area contributed by atoms with E-state index in [1.807, 2.05) is 0 Å². The van der Waals surface area contributed by atoms with Crippen molar-refractivity contribution < 1.29 is 13.5 Å². The van der Waals surface area contributed by atoms with Gasteiger partial charge in [-0.15, -0.1) is 0 Å². The van der Waals surface area contributed by atoms with Crippen molar-refractivity contribution >= 4 is 11.6 Å². The average Bonchev–Trinajstić information content (AvgIpc) is 2.37. The molecule has 1 aliphatic heterocycles. The van der Waals surface area contributed by atoms with Gasteiger partial charge in [0.2, 0.25) is 0 Å². The molecule has 2 heterocycles. The van der Waals surface area contributed by atoms with E-state index in [0.29, 0.717) is 36.2 Å². The zero-order valence-corrected chi connectivity index (χ0v) is 11.3. The summed E-state index contributed by atoms with van der Waals surface area (Å²) in [4.78, 5) is 8.58. The monoisotopic (exact) mass is 296 g/mol. The van der Waals surface area contributed by atoms with Crippen LogP contribution < -0.4 is 0 Å². The van der Waals surface area contributed by atoms with Gasteiger partial charge in [-0.3, -0.25) is 0 Å². The molecule has 3 nitrogen and oxygen atoms in total. The van der Waals surface area contributed by atoms with Crippen LogP contribution in [0.25, 0.3) is 0 Å². The number of rotatable bonds is 2. The van der Waals surface area contributed by atoms with E-state index in [0.717, 1.165) is 17.3 Å². The molecule has 0 radical (unpaired) electrons. The number of fused-ring (bicyclic) bond motifs is 1. The summed E-state index contributed by atoms with van der Waals surface area (Å²) in [5.41, 5.74) is 2.13. The van der Waals surface area contributed by atoms with Crippen molar-refractivity contribution in [3.63, 3.8) is 0 Å². The Labute approximate surface area is 119 Å². The van der Waals surface area contributed by atoms with Crippen LogP contribution in [-0.2, 0) is 24.2 Å². The minimum absolute atomic E-state index is 0.239. The topological polar surface area (TPSA) is 35.0 Å². The van der Waals surface area contributed by atoms with Gasteiger partial charge in [0.25, 0.3) is 0 Å². The van der Waals surface area contributed by atoms with Crippen molar-refractivity contribution in [2.24, 2.45) is 0 Å². The van der Waals surface area contributed by atoms with Crippen LogP contribution in [0.2, 0.25) is 5.15 Å². The molecule has 0 spiro atoms. The molecule has 1 aromatic carbocycles. The van der Waals surface area contributed by atoms with Gasteiger partial charge in [0.15, 0.2) is 0 Å². The number of benzene rings is 1. The maximum atomic E-state index is 13.2. The van der Waals surface area contributed by atoms with Crippen LogP contribution in [0.4, 0.5) is 8.78 Å². The first-order valence-electron chi connectivity index (χ1n) is 6.18. The highest BCUT2D eigenvalue weighted by Crippen LogP contribution is 2.23. The summed E-state index contributed by atoms with van der Waals surface area (Å²) in [6, 6.07) is 3.37. The van der Waals surface area contributed by atoms with Crippen LogP contribution in [-0.4, -0.2) is 16.6 Å². The minimum atomic E-state index is -0.613. The van der Waals surface area contributed by atoms with E-state index in [1.54, 1.807) is 0 Å². The predicted molar refractivity (Wildman–Crippen MR) is 69.6 cm³/mol. The Hall–Kier alpha value is -1.59. The molecule has 0 aliphatic carbocycles. The third kappa shape index (κ3) is 2.78. The molecule has 20 heavy (non-hydrogen) atoms. The van der Waals surface area contributed by atoms with E-state index < -0.39 is 11.6 Å². The Kier molecular flexibility index (Phi) is 3.63. The Balaban J connectivity index is 1.92. The van der Waals surface area contributed by atoms with E-state index in [1.165, 1.54) is 12.1 Å². The fourth-order valence-electron chi connectivity index (χ4n) is 2.22. The quantitative estimate of drug-likeness (QED) is 0.799. The van der Waals surface area contributed by atoms with Gasteiger partial charge < -0.3 is 4.74 Å². The average molecular weight is 297 g/mol. The van der Waals surface area contributed by atoms with Gasteiger partial charge >= 0.3 is 0 Å². The maximum absolute atomic E-state index is 13.2. The van der Waals surface area contributed by atoms with E-state index in [9.17, 15) is 8.78 Å². The lowest BCUT2D eigenvalue weighted by atomic mass is 10.1. The zero-order valence-electron chi connectivity index (χ0n) is 10.5. The van der Waals surface area contributed by atoms with Crippen LogP contribution in [0.15, 0.2) is 18.2 Å². The molecule has 0 bridgehead atoms. The molecule has 0 fully saturated rings. The molecule has 0 amide bonds. The van der Waals surface area contributed by atoms with Crippen molar-refractivity contribution in [2.45, 2.75) is 19.4 Å². The lowest BCUT2D eigenvalue weighted by molar-refractivity contribution is 0.109. The second kappa shape index (κ2) is 5.42. The van der Waals surface area contributed by atoms with E-state index in [2.05, 4.69) is 9.97 Å². The zero-order chi connectivity index (χ0) is 14.1. The largest absolute Gasteiger partial charge is 0.376 e. The van der Waals surface area contributed by atoms with Crippen molar-refractivity contribution in [1.29, 1.82) is 0 Å². The van der Waals surface area contributed by atoms with Crippen molar-refractivity contribution in [3.05, 3.63) is 57.6 Å². The highest BCUT2D eigenvalue weighted by Gasteiger charge is 2.17. The fourth-order valence-corrected chi connectivity index (χ4v) is 2.48. The SMILES string of the molecule is Fc1cc(F)cc(Cc2nc(Cl)c3c(n2)CCOC3)c1. The molecular weight excluding hydrogens is 286 g/mol. The van der Waals surface area contributed by atoms with Gasteiger partial charge in [0.1, 0.15) is 22.6 Å². The van der Waals surface area contributed by atoms with Crippen LogP contribution >= 0.6 is 11.6 Å². The van der Waals surface area contributed by atoms with Crippen molar-refractivity contribution in [3.8, 4) is 0 Å². The summed E-state index contributed by atoms with van der Waals surface area (Å²) in [5, 5.41) is 0.349. The molecule has 0 saturated heterocycles. The number of nitrogens with zero attached hydrogens (tertiary/aromatic N) is 2. The molecule has 0 N–H and O–H groups in total. The smallest absolute Gasteiger partial charge is 0.138 e. The molecule has 1 aliphatic rings. The van der Waals surface area contributed by atoms with Gasteiger partial charge in [0, 0.05) is 24.5 Å². The minimum Gasteiger partial charge on any atom is -0.376 e. The third-order valence-electron chi connectivity index (χ3n) is 3.10. The number of ether oxygens (including phenoxy) is 1. The lowest BCUT2D eigenvalue weighted by Gasteiger charge is -2.17. The van der Waals surface area contributed by atoms with Crippen LogP contribution in [0.3, 0.4) is 0 Å². The van der Waals surface area contributed by atoms with E-state index in [4.69, 9.17) is 16.3 Å². The standard InChI is InChI=1S/C14H11ClF2N2O/c15-14-11-7-20-2-1-12(11)18-13(19-14)5-8-3-9(16)6-10(17)4-8/h3-4,6H,1-2,5,7H2. The van der Waals surface area contributed by atoms with Gasteiger partial charge in [-0.05, 0) is 17.7 Å². The Morgan fingerprint density at radius 2 is 1.90 bits per heavy atom. The molecule has 2 aromatic rings.